The van der Waals surface area contributed by atoms with E-state index in [4.69, 9.17) is 21.1 Å². The maximum Gasteiger partial charge on any atom is 0.247 e. The van der Waals surface area contributed by atoms with Crippen LogP contribution in [-0.4, -0.2) is 41.0 Å². The van der Waals surface area contributed by atoms with Gasteiger partial charge in [0, 0.05) is 12.6 Å². The molecular formula is C23H24ClN3O3. The zero-order chi connectivity index (χ0) is 21.1. The predicted molar refractivity (Wildman–Crippen MR) is 118 cm³/mol. The summed E-state index contributed by atoms with van der Waals surface area (Å²) >= 11 is 6.31. The summed E-state index contributed by atoms with van der Waals surface area (Å²) in [6.45, 7) is 3.09. The molecule has 156 valence electrons. The van der Waals surface area contributed by atoms with Crippen molar-refractivity contribution in [1.29, 1.82) is 0 Å². The molecule has 0 radical (unpaired) electrons. The molecule has 0 aliphatic carbocycles. The summed E-state index contributed by atoms with van der Waals surface area (Å²) in [5, 5.41) is 0.442. The number of carbonyl (C=O) groups excluding carboxylic acids is 1. The fraction of sp³-hybridized carbons (Fsp3) is 0.304. The molecule has 30 heavy (non-hydrogen) atoms. The number of aromatic amines is 1. The van der Waals surface area contributed by atoms with Crippen LogP contribution in [0.25, 0.3) is 17.1 Å². The third-order valence-corrected chi connectivity index (χ3v) is 5.49. The van der Waals surface area contributed by atoms with Gasteiger partial charge in [-0.05, 0) is 55.7 Å². The second kappa shape index (κ2) is 8.79. The van der Waals surface area contributed by atoms with Crippen LogP contribution >= 0.6 is 11.6 Å². The lowest BCUT2D eigenvalue weighted by Gasteiger charge is -2.21. The highest BCUT2D eigenvalue weighted by Crippen LogP contribution is 2.37. The summed E-state index contributed by atoms with van der Waals surface area (Å²) in [5.74, 6) is 1.83. The number of methoxy groups -OCH3 is 1. The number of aromatic nitrogens is 2. The van der Waals surface area contributed by atoms with Gasteiger partial charge in [-0.1, -0.05) is 23.7 Å². The standard InChI is InChI=1S/C23H24ClN3O3/c1-3-30-20-14-15(13-16(24)22(20)29-2)10-11-21(28)27-12-6-9-19(27)23-25-17-7-4-5-8-18(17)26-23/h4-5,7-8,10-11,13-14,19H,3,6,9,12H2,1-2H3,(H,25,26)/b11-10+. The van der Waals surface area contributed by atoms with Gasteiger partial charge in [0.05, 0.1) is 35.8 Å². The van der Waals surface area contributed by atoms with E-state index in [-0.39, 0.29) is 11.9 Å². The molecule has 1 aromatic heterocycles. The zero-order valence-electron chi connectivity index (χ0n) is 17.0. The minimum Gasteiger partial charge on any atom is -0.491 e. The lowest BCUT2D eigenvalue weighted by atomic mass is 10.1. The monoisotopic (exact) mass is 425 g/mol. The van der Waals surface area contributed by atoms with Crippen LogP contribution in [-0.2, 0) is 4.79 Å². The first kappa shape index (κ1) is 20.3. The van der Waals surface area contributed by atoms with E-state index in [1.807, 2.05) is 42.2 Å². The first-order valence-corrected chi connectivity index (χ1v) is 10.4. The van der Waals surface area contributed by atoms with Crippen molar-refractivity contribution in [3.8, 4) is 11.5 Å². The Labute approximate surface area is 180 Å². The normalized spacial score (nSPS) is 16.5. The quantitative estimate of drug-likeness (QED) is 0.564. The molecule has 1 saturated heterocycles. The number of H-pyrrole nitrogens is 1. The number of para-hydroxylation sites is 2. The molecule has 4 rings (SSSR count). The van der Waals surface area contributed by atoms with E-state index in [2.05, 4.69) is 9.97 Å². The van der Waals surface area contributed by atoms with Crippen molar-refractivity contribution in [2.24, 2.45) is 0 Å². The Balaban J connectivity index is 1.54. The van der Waals surface area contributed by atoms with Crippen LogP contribution < -0.4 is 9.47 Å². The smallest absolute Gasteiger partial charge is 0.247 e. The van der Waals surface area contributed by atoms with Crippen LogP contribution in [0, 0.1) is 0 Å². The number of ether oxygens (including phenoxy) is 2. The maximum absolute atomic E-state index is 12.9. The summed E-state index contributed by atoms with van der Waals surface area (Å²) in [5.41, 5.74) is 2.68. The molecule has 1 N–H and O–H groups in total. The van der Waals surface area contributed by atoms with Crippen molar-refractivity contribution in [2.75, 3.05) is 20.3 Å². The highest BCUT2D eigenvalue weighted by atomic mass is 35.5. The van der Waals surface area contributed by atoms with Gasteiger partial charge in [0.15, 0.2) is 11.5 Å². The summed E-state index contributed by atoms with van der Waals surface area (Å²) < 4.78 is 10.9. The molecule has 6 nitrogen and oxygen atoms in total. The van der Waals surface area contributed by atoms with Gasteiger partial charge in [0.25, 0.3) is 0 Å². The Kier molecular flexibility index (Phi) is 5.95. The van der Waals surface area contributed by atoms with E-state index in [0.29, 0.717) is 29.7 Å². The Morgan fingerprint density at radius 2 is 2.20 bits per heavy atom. The number of rotatable bonds is 6. The summed E-state index contributed by atoms with van der Waals surface area (Å²) in [6, 6.07) is 11.4. The van der Waals surface area contributed by atoms with Crippen LogP contribution in [0.2, 0.25) is 5.02 Å². The number of nitrogens with one attached hydrogen (secondary N) is 1. The third-order valence-electron chi connectivity index (χ3n) is 5.21. The molecule has 0 saturated carbocycles. The molecule has 3 aromatic rings. The van der Waals surface area contributed by atoms with E-state index < -0.39 is 0 Å². The Morgan fingerprint density at radius 3 is 2.97 bits per heavy atom. The number of hydrogen-bond acceptors (Lipinski definition) is 4. The van der Waals surface area contributed by atoms with Gasteiger partial charge in [-0.2, -0.15) is 0 Å². The van der Waals surface area contributed by atoms with Crippen molar-refractivity contribution in [3.05, 3.63) is 58.9 Å². The molecule has 1 atom stereocenters. The number of imidazole rings is 1. The van der Waals surface area contributed by atoms with Gasteiger partial charge < -0.3 is 19.4 Å². The molecular weight excluding hydrogens is 402 g/mol. The number of likely N-dealkylation sites (tertiary alicyclic amines) is 1. The number of carbonyl (C=O) groups is 1. The summed E-state index contributed by atoms with van der Waals surface area (Å²) in [7, 11) is 1.55. The first-order valence-electron chi connectivity index (χ1n) is 10.0. The lowest BCUT2D eigenvalue weighted by Crippen LogP contribution is -2.29. The molecule has 1 fully saturated rings. The van der Waals surface area contributed by atoms with Crippen LogP contribution in [0.1, 0.15) is 37.2 Å². The topological polar surface area (TPSA) is 67.5 Å². The molecule has 1 aliphatic heterocycles. The van der Waals surface area contributed by atoms with Gasteiger partial charge in [-0.3, -0.25) is 4.79 Å². The maximum atomic E-state index is 12.9. The van der Waals surface area contributed by atoms with Crippen LogP contribution in [0.4, 0.5) is 0 Å². The van der Waals surface area contributed by atoms with E-state index in [1.54, 1.807) is 25.3 Å². The largest absolute Gasteiger partial charge is 0.491 e. The highest BCUT2D eigenvalue weighted by Gasteiger charge is 2.31. The molecule has 1 aliphatic rings. The molecule has 1 amide bonds. The van der Waals surface area contributed by atoms with E-state index in [1.165, 1.54) is 0 Å². The number of fused-ring (bicyclic) bond motifs is 1. The molecule has 0 spiro atoms. The van der Waals surface area contributed by atoms with Crippen molar-refractivity contribution >= 4 is 34.6 Å². The van der Waals surface area contributed by atoms with Crippen molar-refractivity contribution in [3.63, 3.8) is 0 Å². The number of amides is 1. The lowest BCUT2D eigenvalue weighted by molar-refractivity contribution is -0.126. The number of halogens is 1. The first-order chi connectivity index (χ1) is 14.6. The number of hydrogen-bond donors (Lipinski definition) is 1. The molecule has 1 unspecified atom stereocenters. The molecule has 7 heteroatoms. The minimum absolute atomic E-state index is 0.0482. The van der Waals surface area contributed by atoms with E-state index >= 15 is 0 Å². The van der Waals surface area contributed by atoms with Crippen LogP contribution in [0.3, 0.4) is 0 Å². The van der Waals surface area contributed by atoms with E-state index in [0.717, 1.165) is 35.3 Å². The van der Waals surface area contributed by atoms with Gasteiger partial charge >= 0.3 is 0 Å². The molecule has 0 bridgehead atoms. The van der Waals surface area contributed by atoms with Gasteiger partial charge in [0.2, 0.25) is 5.91 Å². The van der Waals surface area contributed by atoms with Crippen molar-refractivity contribution in [2.45, 2.75) is 25.8 Å². The summed E-state index contributed by atoms with van der Waals surface area (Å²) in [4.78, 5) is 22.9. The fourth-order valence-electron chi connectivity index (χ4n) is 3.85. The van der Waals surface area contributed by atoms with Crippen molar-refractivity contribution < 1.29 is 14.3 Å². The predicted octanol–water partition coefficient (Wildman–Crippen LogP) is 5.00. The highest BCUT2D eigenvalue weighted by molar-refractivity contribution is 6.32. The van der Waals surface area contributed by atoms with Gasteiger partial charge in [-0.15, -0.1) is 0 Å². The van der Waals surface area contributed by atoms with Gasteiger partial charge in [0.1, 0.15) is 5.82 Å². The van der Waals surface area contributed by atoms with Crippen LogP contribution in [0.5, 0.6) is 11.5 Å². The Bertz CT molecular complexity index is 1060. The van der Waals surface area contributed by atoms with Crippen LogP contribution in [0.15, 0.2) is 42.5 Å². The Hall–Kier alpha value is -2.99. The molecule has 2 heterocycles. The minimum atomic E-state index is -0.0529. The number of benzene rings is 2. The molecule has 2 aromatic carbocycles. The summed E-state index contributed by atoms with van der Waals surface area (Å²) in [6.07, 6.45) is 5.17. The average molecular weight is 426 g/mol. The Morgan fingerprint density at radius 1 is 1.37 bits per heavy atom. The second-order valence-corrected chi connectivity index (χ2v) is 7.54. The third kappa shape index (κ3) is 4.00. The second-order valence-electron chi connectivity index (χ2n) is 7.13. The van der Waals surface area contributed by atoms with Gasteiger partial charge in [-0.25, -0.2) is 4.98 Å². The average Bonchev–Trinajstić information content (AvgIpc) is 3.39. The van der Waals surface area contributed by atoms with E-state index in [9.17, 15) is 4.79 Å². The fourth-order valence-corrected chi connectivity index (χ4v) is 4.15. The zero-order valence-corrected chi connectivity index (χ0v) is 17.8. The van der Waals surface area contributed by atoms with Crippen molar-refractivity contribution in [1.82, 2.24) is 14.9 Å². The SMILES string of the molecule is CCOc1cc(/C=C/C(=O)N2CCCC2c2nc3ccccc3[nH]2)cc(Cl)c1OC. The number of nitrogens with zero attached hydrogens (tertiary/aromatic N) is 2.